The lowest BCUT2D eigenvalue weighted by Crippen LogP contribution is -2.24. The van der Waals surface area contributed by atoms with Crippen molar-refractivity contribution in [3.05, 3.63) is 69.8 Å². The maximum absolute atomic E-state index is 11.8. The Bertz CT molecular complexity index is 990. The minimum atomic E-state index is -0.415. The zero-order chi connectivity index (χ0) is 18.5. The molecule has 0 saturated heterocycles. The van der Waals surface area contributed by atoms with Gasteiger partial charge in [0, 0.05) is 10.9 Å². The molecular weight excluding hydrogens is 373 g/mol. The number of hydrogen-bond donors (Lipinski definition) is 1. The second-order valence-electron chi connectivity index (χ2n) is 5.58. The number of carbonyl (C=O) groups excluding carboxylic acids is 1. The Balaban J connectivity index is 1.62. The van der Waals surface area contributed by atoms with Gasteiger partial charge < -0.3 is 4.74 Å². The molecule has 0 fully saturated rings. The molecule has 0 aliphatic carbocycles. The van der Waals surface area contributed by atoms with Crippen LogP contribution in [0.3, 0.4) is 0 Å². The predicted octanol–water partition coefficient (Wildman–Crippen LogP) is 4.38. The molecule has 0 bridgehead atoms. The van der Waals surface area contributed by atoms with E-state index in [0.717, 1.165) is 16.5 Å². The number of para-hydroxylation sites is 1. The van der Waals surface area contributed by atoms with Crippen LogP contribution in [-0.2, 0) is 4.79 Å². The molecule has 1 amide bonds. The van der Waals surface area contributed by atoms with Crippen LogP contribution in [-0.4, -0.2) is 23.7 Å². The number of hydrazone groups is 1. The fourth-order valence-electron chi connectivity index (χ4n) is 2.27. The van der Waals surface area contributed by atoms with E-state index < -0.39 is 5.91 Å². The first-order chi connectivity index (χ1) is 12.5. The van der Waals surface area contributed by atoms with E-state index >= 15 is 0 Å². The van der Waals surface area contributed by atoms with Crippen LogP contribution in [0.1, 0.15) is 11.1 Å². The first kappa shape index (κ1) is 18.2. The Morgan fingerprint density at radius 1 is 1.23 bits per heavy atom. The molecule has 26 heavy (non-hydrogen) atoms. The molecule has 1 N–H and O–H groups in total. The standard InChI is InChI=1S/C19H15Cl2N3O2/c1-12-6-7-13-9-14(19(21)23-16(13)8-12)10-22-24-18(25)11-26-17-5-3-2-4-15(17)20/h2-10H,11H2,1H3,(H,24,25)/b22-10-. The third-order valence-electron chi connectivity index (χ3n) is 3.54. The number of ether oxygens (including phenoxy) is 1. The lowest BCUT2D eigenvalue weighted by atomic mass is 10.1. The minimum absolute atomic E-state index is 0.204. The fourth-order valence-corrected chi connectivity index (χ4v) is 2.66. The highest BCUT2D eigenvalue weighted by Crippen LogP contribution is 2.23. The normalized spacial score (nSPS) is 11.0. The number of pyridine rings is 1. The van der Waals surface area contributed by atoms with Gasteiger partial charge >= 0.3 is 0 Å². The molecule has 0 unspecified atom stereocenters. The second kappa shape index (κ2) is 8.17. The van der Waals surface area contributed by atoms with Crippen molar-refractivity contribution >= 4 is 46.2 Å². The molecule has 3 rings (SSSR count). The summed E-state index contributed by atoms with van der Waals surface area (Å²) >= 11 is 12.1. The Kier molecular flexibility index (Phi) is 5.71. The molecule has 1 heterocycles. The summed E-state index contributed by atoms with van der Waals surface area (Å²) in [5, 5.41) is 5.59. The molecule has 7 heteroatoms. The number of benzene rings is 2. The van der Waals surface area contributed by atoms with Gasteiger partial charge in [-0.1, -0.05) is 47.5 Å². The zero-order valence-electron chi connectivity index (χ0n) is 13.9. The largest absolute Gasteiger partial charge is 0.482 e. The number of amides is 1. The van der Waals surface area contributed by atoms with Gasteiger partial charge in [-0.15, -0.1) is 0 Å². The molecule has 0 spiro atoms. The van der Waals surface area contributed by atoms with Crippen LogP contribution in [0.15, 0.2) is 53.6 Å². The summed E-state index contributed by atoms with van der Waals surface area (Å²) in [5.41, 5.74) is 4.90. The van der Waals surface area contributed by atoms with Crippen LogP contribution in [0.25, 0.3) is 10.9 Å². The van der Waals surface area contributed by atoms with Crippen molar-refractivity contribution in [1.82, 2.24) is 10.4 Å². The summed E-state index contributed by atoms with van der Waals surface area (Å²) in [5.74, 6) is 0.0204. The highest BCUT2D eigenvalue weighted by molar-refractivity contribution is 6.32. The van der Waals surface area contributed by atoms with Gasteiger partial charge in [-0.2, -0.15) is 5.10 Å². The van der Waals surface area contributed by atoms with Crippen LogP contribution in [0.2, 0.25) is 10.2 Å². The Hall–Kier alpha value is -2.63. The molecule has 0 aliphatic heterocycles. The van der Waals surface area contributed by atoms with E-state index in [9.17, 15) is 4.79 Å². The molecule has 0 radical (unpaired) electrons. The van der Waals surface area contributed by atoms with Gasteiger partial charge in [0.2, 0.25) is 0 Å². The number of halogens is 2. The highest BCUT2D eigenvalue weighted by Gasteiger charge is 2.06. The number of hydrogen-bond acceptors (Lipinski definition) is 4. The SMILES string of the molecule is Cc1ccc2cc(/C=N\NC(=O)COc3ccccc3Cl)c(Cl)nc2c1. The van der Waals surface area contributed by atoms with Crippen LogP contribution >= 0.6 is 23.2 Å². The average molecular weight is 388 g/mol. The number of nitrogens with zero attached hydrogens (tertiary/aromatic N) is 2. The number of fused-ring (bicyclic) bond motifs is 1. The number of rotatable bonds is 5. The molecule has 0 atom stereocenters. The quantitative estimate of drug-likeness (QED) is 0.401. The van der Waals surface area contributed by atoms with Gasteiger partial charge in [0.05, 0.1) is 16.8 Å². The molecule has 0 aliphatic rings. The monoisotopic (exact) mass is 387 g/mol. The van der Waals surface area contributed by atoms with Gasteiger partial charge in [0.25, 0.3) is 5.91 Å². The van der Waals surface area contributed by atoms with Crippen LogP contribution in [0, 0.1) is 6.92 Å². The second-order valence-corrected chi connectivity index (χ2v) is 6.34. The van der Waals surface area contributed by atoms with Crippen molar-refractivity contribution in [2.75, 3.05) is 6.61 Å². The van der Waals surface area contributed by atoms with Crippen molar-refractivity contribution in [3.8, 4) is 5.75 Å². The van der Waals surface area contributed by atoms with E-state index in [1.807, 2.05) is 31.2 Å². The lowest BCUT2D eigenvalue weighted by molar-refractivity contribution is -0.123. The first-order valence-corrected chi connectivity index (χ1v) is 8.54. The van der Waals surface area contributed by atoms with E-state index in [-0.39, 0.29) is 6.61 Å². The molecule has 1 aromatic heterocycles. The van der Waals surface area contributed by atoms with Gasteiger partial charge in [-0.25, -0.2) is 10.4 Å². The Morgan fingerprint density at radius 3 is 2.85 bits per heavy atom. The number of nitrogens with one attached hydrogen (secondary N) is 1. The highest BCUT2D eigenvalue weighted by atomic mass is 35.5. The van der Waals surface area contributed by atoms with Crippen molar-refractivity contribution in [2.24, 2.45) is 5.10 Å². The summed E-state index contributed by atoms with van der Waals surface area (Å²) < 4.78 is 5.34. The van der Waals surface area contributed by atoms with E-state index in [1.54, 1.807) is 24.3 Å². The fraction of sp³-hybridized carbons (Fsp3) is 0.105. The minimum Gasteiger partial charge on any atom is -0.482 e. The van der Waals surface area contributed by atoms with Crippen molar-refractivity contribution < 1.29 is 9.53 Å². The van der Waals surface area contributed by atoms with Gasteiger partial charge in [0.1, 0.15) is 10.9 Å². The molecule has 132 valence electrons. The maximum atomic E-state index is 11.8. The summed E-state index contributed by atoms with van der Waals surface area (Å²) in [6.07, 6.45) is 1.45. The summed E-state index contributed by atoms with van der Waals surface area (Å²) in [6.45, 7) is 1.79. The van der Waals surface area contributed by atoms with E-state index in [0.29, 0.717) is 21.5 Å². The van der Waals surface area contributed by atoms with Crippen molar-refractivity contribution in [1.29, 1.82) is 0 Å². The summed E-state index contributed by atoms with van der Waals surface area (Å²) in [7, 11) is 0. The number of aromatic nitrogens is 1. The number of aryl methyl sites for hydroxylation is 1. The van der Waals surface area contributed by atoms with Crippen molar-refractivity contribution in [2.45, 2.75) is 6.92 Å². The van der Waals surface area contributed by atoms with Crippen LogP contribution in [0.4, 0.5) is 0 Å². The summed E-state index contributed by atoms with van der Waals surface area (Å²) in [6, 6.07) is 14.7. The van der Waals surface area contributed by atoms with Gasteiger partial charge in [-0.3, -0.25) is 4.79 Å². The van der Waals surface area contributed by atoms with Crippen molar-refractivity contribution in [3.63, 3.8) is 0 Å². The van der Waals surface area contributed by atoms with Gasteiger partial charge in [0.15, 0.2) is 6.61 Å². The maximum Gasteiger partial charge on any atom is 0.277 e. The number of carbonyl (C=O) groups is 1. The Labute approximate surface area is 160 Å². The first-order valence-electron chi connectivity index (χ1n) is 7.79. The summed E-state index contributed by atoms with van der Waals surface area (Å²) in [4.78, 5) is 16.2. The van der Waals surface area contributed by atoms with E-state index in [2.05, 4.69) is 15.5 Å². The molecule has 5 nitrogen and oxygen atoms in total. The molecule has 3 aromatic rings. The molecular formula is C19H15Cl2N3O2. The Morgan fingerprint density at radius 2 is 2.04 bits per heavy atom. The average Bonchev–Trinajstić information content (AvgIpc) is 2.61. The topological polar surface area (TPSA) is 63.6 Å². The van der Waals surface area contributed by atoms with Crippen LogP contribution < -0.4 is 10.2 Å². The molecule has 0 saturated carbocycles. The smallest absolute Gasteiger partial charge is 0.277 e. The third-order valence-corrected chi connectivity index (χ3v) is 4.16. The van der Waals surface area contributed by atoms with E-state index in [4.69, 9.17) is 27.9 Å². The van der Waals surface area contributed by atoms with Gasteiger partial charge in [-0.05, 0) is 36.8 Å². The third kappa shape index (κ3) is 4.50. The predicted molar refractivity (Wildman–Crippen MR) is 104 cm³/mol. The van der Waals surface area contributed by atoms with E-state index in [1.165, 1.54) is 6.21 Å². The zero-order valence-corrected chi connectivity index (χ0v) is 15.4. The molecule has 2 aromatic carbocycles. The van der Waals surface area contributed by atoms with Crippen LogP contribution in [0.5, 0.6) is 5.75 Å². The lowest BCUT2D eigenvalue weighted by Gasteiger charge is -2.06.